The molecule has 0 spiro atoms. The first-order valence-corrected chi connectivity index (χ1v) is 6.00. The van der Waals surface area contributed by atoms with Crippen LogP contribution in [0.15, 0.2) is 36.4 Å². The van der Waals surface area contributed by atoms with Crippen molar-refractivity contribution in [1.29, 1.82) is 0 Å². The second-order valence-corrected chi connectivity index (χ2v) is 4.69. The lowest BCUT2D eigenvalue weighted by Gasteiger charge is -2.19. The SMILES string of the molecule is COc1ccc2c(c1)C(=O)c1ccc(C)cc1C2. The predicted molar refractivity (Wildman–Crippen MR) is 70.4 cm³/mol. The van der Waals surface area contributed by atoms with E-state index in [1.54, 1.807) is 7.11 Å². The van der Waals surface area contributed by atoms with Crippen molar-refractivity contribution in [3.05, 3.63) is 64.2 Å². The molecule has 0 saturated heterocycles. The van der Waals surface area contributed by atoms with Crippen molar-refractivity contribution in [2.24, 2.45) is 0 Å². The largest absolute Gasteiger partial charge is 0.497 e. The third-order valence-electron chi connectivity index (χ3n) is 3.45. The minimum atomic E-state index is 0.102. The Balaban J connectivity index is 2.16. The summed E-state index contributed by atoms with van der Waals surface area (Å²) in [5, 5.41) is 0. The highest BCUT2D eigenvalue weighted by Crippen LogP contribution is 2.30. The number of ether oxygens (including phenoxy) is 1. The van der Waals surface area contributed by atoms with Crippen LogP contribution >= 0.6 is 0 Å². The molecule has 0 heterocycles. The van der Waals surface area contributed by atoms with Gasteiger partial charge in [-0.3, -0.25) is 4.79 Å². The maximum absolute atomic E-state index is 12.4. The zero-order chi connectivity index (χ0) is 12.7. The van der Waals surface area contributed by atoms with Gasteiger partial charge in [-0.05, 0) is 36.6 Å². The molecule has 0 bridgehead atoms. The highest BCUT2D eigenvalue weighted by molar-refractivity contribution is 6.12. The fourth-order valence-corrected chi connectivity index (χ4v) is 2.49. The van der Waals surface area contributed by atoms with E-state index < -0.39 is 0 Å². The zero-order valence-electron chi connectivity index (χ0n) is 10.5. The van der Waals surface area contributed by atoms with Crippen molar-refractivity contribution in [3.8, 4) is 5.75 Å². The van der Waals surface area contributed by atoms with Gasteiger partial charge in [0.05, 0.1) is 7.11 Å². The van der Waals surface area contributed by atoms with Crippen molar-refractivity contribution in [2.45, 2.75) is 13.3 Å². The molecular weight excluding hydrogens is 224 g/mol. The maximum atomic E-state index is 12.4. The van der Waals surface area contributed by atoms with Crippen LogP contribution in [0.2, 0.25) is 0 Å². The minimum absolute atomic E-state index is 0.102. The Hall–Kier alpha value is -2.09. The Morgan fingerprint density at radius 2 is 1.83 bits per heavy atom. The Bertz CT molecular complexity index is 642. The number of carbonyl (C=O) groups excluding carboxylic acids is 1. The second kappa shape index (κ2) is 3.98. The van der Waals surface area contributed by atoms with Crippen molar-refractivity contribution in [2.75, 3.05) is 7.11 Å². The molecule has 2 nitrogen and oxygen atoms in total. The minimum Gasteiger partial charge on any atom is -0.497 e. The number of hydrogen-bond donors (Lipinski definition) is 0. The van der Waals surface area contributed by atoms with Gasteiger partial charge in [-0.15, -0.1) is 0 Å². The first-order chi connectivity index (χ1) is 8.69. The third-order valence-corrected chi connectivity index (χ3v) is 3.45. The van der Waals surface area contributed by atoms with Crippen molar-refractivity contribution in [3.63, 3.8) is 0 Å². The number of benzene rings is 2. The van der Waals surface area contributed by atoms with Crippen LogP contribution in [0.3, 0.4) is 0 Å². The summed E-state index contributed by atoms with van der Waals surface area (Å²) >= 11 is 0. The zero-order valence-corrected chi connectivity index (χ0v) is 10.5. The number of ketones is 1. The Labute approximate surface area is 106 Å². The molecule has 1 aliphatic rings. The number of aryl methyl sites for hydroxylation is 1. The lowest BCUT2D eigenvalue weighted by atomic mass is 9.84. The summed E-state index contributed by atoms with van der Waals surface area (Å²) in [6.07, 6.45) is 0.822. The molecule has 18 heavy (non-hydrogen) atoms. The third kappa shape index (κ3) is 1.61. The fraction of sp³-hybridized carbons (Fsp3) is 0.188. The molecule has 3 rings (SSSR count). The molecule has 2 aromatic rings. The molecule has 90 valence electrons. The highest BCUT2D eigenvalue weighted by Gasteiger charge is 2.23. The summed E-state index contributed by atoms with van der Waals surface area (Å²) in [6, 6.07) is 11.7. The van der Waals surface area contributed by atoms with Gasteiger partial charge in [-0.2, -0.15) is 0 Å². The molecular formula is C16H14O2. The van der Waals surface area contributed by atoms with Crippen molar-refractivity contribution >= 4 is 5.78 Å². The first-order valence-electron chi connectivity index (χ1n) is 6.00. The van der Waals surface area contributed by atoms with E-state index in [9.17, 15) is 4.79 Å². The normalized spacial score (nSPS) is 12.9. The number of methoxy groups -OCH3 is 1. The van der Waals surface area contributed by atoms with Crippen LogP contribution in [0.4, 0.5) is 0 Å². The molecule has 0 atom stereocenters. The lowest BCUT2D eigenvalue weighted by Crippen LogP contribution is -2.15. The van der Waals surface area contributed by atoms with Gasteiger partial charge >= 0.3 is 0 Å². The van der Waals surface area contributed by atoms with E-state index in [0.29, 0.717) is 0 Å². The Kier molecular flexibility index (Phi) is 2.44. The predicted octanol–water partition coefficient (Wildman–Crippen LogP) is 3.14. The summed E-state index contributed by atoms with van der Waals surface area (Å²) in [6.45, 7) is 2.05. The average Bonchev–Trinajstić information content (AvgIpc) is 2.38. The first kappa shape index (κ1) is 11.0. The molecule has 1 aliphatic carbocycles. The van der Waals surface area contributed by atoms with Crippen LogP contribution in [0.1, 0.15) is 32.6 Å². The molecule has 2 aromatic carbocycles. The average molecular weight is 238 g/mol. The molecule has 2 heteroatoms. The van der Waals surface area contributed by atoms with Gasteiger partial charge in [0.25, 0.3) is 0 Å². The number of rotatable bonds is 1. The van der Waals surface area contributed by atoms with Crippen LogP contribution in [0, 0.1) is 6.92 Å². The fourth-order valence-electron chi connectivity index (χ4n) is 2.49. The summed E-state index contributed by atoms with van der Waals surface area (Å²) in [4.78, 5) is 12.4. The summed E-state index contributed by atoms with van der Waals surface area (Å²) in [5.74, 6) is 0.836. The number of fused-ring (bicyclic) bond motifs is 2. The smallest absolute Gasteiger partial charge is 0.193 e. The van der Waals surface area contributed by atoms with E-state index in [2.05, 4.69) is 6.07 Å². The van der Waals surface area contributed by atoms with Gasteiger partial charge in [0.2, 0.25) is 0 Å². The van der Waals surface area contributed by atoms with Crippen LogP contribution in [0.5, 0.6) is 5.75 Å². The van der Waals surface area contributed by atoms with Crippen LogP contribution in [-0.4, -0.2) is 12.9 Å². The van der Waals surface area contributed by atoms with E-state index in [0.717, 1.165) is 34.4 Å². The topological polar surface area (TPSA) is 26.3 Å². The van der Waals surface area contributed by atoms with Gasteiger partial charge < -0.3 is 4.74 Å². The van der Waals surface area contributed by atoms with Gasteiger partial charge in [-0.1, -0.05) is 29.8 Å². The quantitative estimate of drug-likeness (QED) is 0.651. The Morgan fingerprint density at radius 3 is 2.61 bits per heavy atom. The van der Waals surface area contributed by atoms with E-state index in [1.165, 1.54) is 5.56 Å². The highest BCUT2D eigenvalue weighted by atomic mass is 16.5. The molecule has 0 aromatic heterocycles. The Morgan fingerprint density at radius 1 is 1.00 bits per heavy atom. The molecule has 0 radical (unpaired) electrons. The van der Waals surface area contributed by atoms with E-state index in [1.807, 2.05) is 37.3 Å². The maximum Gasteiger partial charge on any atom is 0.193 e. The molecule has 0 unspecified atom stereocenters. The van der Waals surface area contributed by atoms with Gasteiger partial charge in [0, 0.05) is 11.1 Å². The summed E-state index contributed by atoms with van der Waals surface area (Å²) in [7, 11) is 1.62. The van der Waals surface area contributed by atoms with Gasteiger partial charge in [0.1, 0.15) is 5.75 Å². The molecule has 0 amide bonds. The second-order valence-electron chi connectivity index (χ2n) is 4.69. The number of hydrogen-bond acceptors (Lipinski definition) is 2. The lowest BCUT2D eigenvalue weighted by molar-refractivity contribution is 0.103. The van der Waals surface area contributed by atoms with E-state index in [4.69, 9.17) is 4.74 Å². The summed E-state index contributed by atoms with van der Waals surface area (Å²) < 4.78 is 5.18. The molecule has 0 fully saturated rings. The number of carbonyl (C=O) groups is 1. The molecule has 0 N–H and O–H groups in total. The van der Waals surface area contributed by atoms with Gasteiger partial charge in [0.15, 0.2) is 5.78 Å². The van der Waals surface area contributed by atoms with Crippen molar-refractivity contribution in [1.82, 2.24) is 0 Å². The van der Waals surface area contributed by atoms with Crippen molar-refractivity contribution < 1.29 is 9.53 Å². The molecule has 0 aliphatic heterocycles. The van der Waals surface area contributed by atoms with Crippen LogP contribution in [-0.2, 0) is 6.42 Å². The van der Waals surface area contributed by atoms with Crippen LogP contribution in [0.25, 0.3) is 0 Å². The van der Waals surface area contributed by atoms with Crippen LogP contribution < -0.4 is 4.74 Å². The summed E-state index contributed by atoms with van der Waals surface area (Å²) in [5.41, 5.74) is 4.99. The monoisotopic (exact) mass is 238 g/mol. The van der Waals surface area contributed by atoms with Gasteiger partial charge in [-0.25, -0.2) is 0 Å². The van der Waals surface area contributed by atoms with E-state index >= 15 is 0 Å². The van der Waals surface area contributed by atoms with E-state index in [-0.39, 0.29) is 5.78 Å². The standard InChI is InChI=1S/C16H14O2/c1-10-3-6-14-12(7-10)8-11-4-5-13(18-2)9-15(11)16(14)17/h3-7,9H,8H2,1-2H3. The molecule has 0 saturated carbocycles.